The van der Waals surface area contributed by atoms with Gasteiger partial charge in [-0.2, -0.15) is 0 Å². The Morgan fingerprint density at radius 2 is 1.40 bits per heavy atom. The highest BCUT2D eigenvalue weighted by Crippen LogP contribution is 2.40. The predicted octanol–water partition coefficient (Wildman–Crippen LogP) is 3.73. The van der Waals surface area contributed by atoms with Crippen LogP contribution in [0.15, 0.2) is 60.7 Å². The lowest BCUT2D eigenvalue weighted by Gasteiger charge is -2.15. The summed E-state index contributed by atoms with van der Waals surface area (Å²) >= 11 is 0. The lowest BCUT2D eigenvalue weighted by atomic mass is 10.0. The first kappa shape index (κ1) is 20.7. The Hall–Kier alpha value is -4.00. The van der Waals surface area contributed by atoms with Gasteiger partial charge in [0.15, 0.2) is 11.5 Å². The molecule has 3 rings (SSSR count). The van der Waals surface area contributed by atoms with Crippen molar-refractivity contribution < 1.29 is 23.8 Å². The van der Waals surface area contributed by atoms with E-state index in [1.165, 1.54) is 21.3 Å². The number of carbonyl (C=O) groups excluding carboxylic acids is 2. The molecule has 3 N–H and O–H groups in total. The molecule has 154 valence electrons. The summed E-state index contributed by atoms with van der Waals surface area (Å²) in [5, 5.41) is 2.85. The smallest absolute Gasteiger partial charge is 0.255 e. The van der Waals surface area contributed by atoms with Gasteiger partial charge >= 0.3 is 0 Å². The molecule has 0 aromatic heterocycles. The Balaban J connectivity index is 1.86. The molecule has 0 bridgehead atoms. The minimum absolute atomic E-state index is 0.292. The number of anilines is 1. The molecule has 0 unspecified atom stereocenters. The monoisotopic (exact) mass is 406 g/mol. The topological polar surface area (TPSA) is 99.9 Å². The van der Waals surface area contributed by atoms with Crippen molar-refractivity contribution >= 4 is 17.5 Å². The molecule has 0 spiro atoms. The van der Waals surface area contributed by atoms with Crippen LogP contribution in [0.2, 0.25) is 0 Å². The molecule has 3 aromatic rings. The Bertz CT molecular complexity index is 1050. The second-order valence-electron chi connectivity index (χ2n) is 6.39. The second-order valence-corrected chi connectivity index (χ2v) is 6.39. The van der Waals surface area contributed by atoms with E-state index in [1.807, 2.05) is 6.07 Å². The van der Waals surface area contributed by atoms with Crippen molar-refractivity contribution in [3.63, 3.8) is 0 Å². The molecule has 3 aromatic carbocycles. The summed E-state index contributed by atoms with van der Waals surface area (Å²) < 4.78 is 15.9. The van der Waals surface area contributed by atoms with Crippen LogP contribution >= 0.6 is 0 Å². The third kappa shape index (κ3) is 4.35. The van der Waals surface area contributed by atoms with Gasteiger partial charge in [-0.1, -0.05) is 24.3 Å². The molecule has 7 heteroatoms. The largest absolute Gasteiger partial charge is 0.493 e. The van der Waals surface area contributed by atoms with Crippen LogP contribution in [0.3, 0.4) is 0 Å². The molecule has 2 amide bonds. The minimum atomic E-state index is -0.486. The fourth-order valence-corrected chi connectivity index (χ4v) is 3.02. The molecule has 0 aliphatic carbocycles. The number of rotatable bonds is 7. The summed E-state index contributed by atoms with van der Waals surface area (Å²) in [5.74, 6) is 0.546. The van der Waals surface area contributed by atoms with Crippen molar-refractivity contribution in [2.24, 2.45) is 5.73 Å². The summed E-state index contributed by atoms with van der Waals surface area (Å²) in [6.07, 6.45) is 0. The third-order valence-corrected chi connectivity index (χ3v) is 4.55. The highest BCUT2D eigenvalue weighted by atomic mass is 16.5. The number of amides is 2. The number of nitrogens with one attached hydrogen (secondary N) is 1. The van der Waals surface area contributed by atoms with E-state index in [2.05, 4.69) is 5.32 Å². The van der Waals surface area contributed by atoms with Gasteiger partial charge in [0, 0.05) is 28.9 Å². The van der Waals surface area contributed by atoms with Crippen LogP contribution in [-0.4, -0.2) is 33.1 Å². The van der Waals surface area contributed by atoms with E-state index >= 15 is 0 Å². The van der Waals surface area contributed by atoms with Gasteiger partial charge in [0.1, 0.15) is 0 Å². The van der Waals surface area contributed by atoms with Gasteiger partial charge in [-0.3, -0.25) is 9.59 Å². The molecule has 30 heavy (non-hydrogen) atoms. The number of benzene rings is 3. The van der Waals surface area contributed by atoms with E-state index in [4.69, 9.17) is 19.9 Å². The van der Waals surface area contributed by atoms with Gasteiger partial charge in [-0.05, 0) is 35.4 Å². The van der Waals surface area contributed by atoms with E-state index in [-0.39, 0.29) is 5.91 Å². The van der Waals surface area contributed by atoms with Crippen molar-refractivity contribution in [2.45, 2.75) is 0 Å². The van der Waals surface area contributed by atoms with Crippen molar-refractivity contribution in [1.29, 1.82) is 0 Å². The Morgan fingerprint density at radius 1 is 0.767 bits per heavy atom. The third-order valence-electron chi connectivity index (χ3n) is 4.55. The molecule has 0 saturated heterocycles. The molecular weight excluding hydrogens is 384 g/mol. The molecule has 7 nitrogen and oxygen atoms in total. The molecule has 0 atom stereocenters. The first-order chi connectivity index (χ1) is 14.5. The van der Waals surface area contributed by atoms with Crippen LogP contribution in [-0.2, 0) is 0 Å². The van der Waals surface area contributed by atoms with Gasteiger partial charge in [0.2, 0.25) is 11.7 Å². The summed E-state index contributed by atoms with van der Waals surface area (Å²) in [6, 6.07) is 17.4. The summed E-state index contributed by atoms with van der Waals surface area (Å²) in [6.45, 7) is 0. The molecule has 0 heterocycles. The number of nitrogens with two attached hydrogens (primary N) is 1. The molecule has 0 aliphatic heterocycles. The lowest BCUT2D eigenvalue weighted by Crippen LogP contribution is -2.12. The standard InChI is InChI=1S/C23H22N2O5/c1-28-19-12-18(13-20(29-2)21(19)30-3)25-23(27)17-6-4-5-16(11-17)14-7-9-15(10-8-14)22(24)26/h4-13H,1-3H3,(H2,24,26)(H,25,27). The highest BCUT2D eigenvalue weighted by molar-refractivity contribution is 6.05. The lowest BCUT2D eigenvalue weighted by molar-refractivity contribution is 0.0997. The van der Waals surface area contributed by atoms with E-state index in [1.54, 1.807) is 54.6 Å². The average Bonchev–Trinajstić information content (AvgIpc) is 2.78. The fourth-order valence-electron chi connectivity index (χ4n) is 3.02. The number of ether oxygens (including phenoxy) is 3. The minimum Gasteiger partial charge on any atom is -0.493 e. The first-order valence-electron chi connectivity index (χ1n) is 9.08. The van der Waals surface area contributed by atoms with Crippen LogP contribution in [0.4, 0.5) is 5.69 Å². The van der Waals surface area contributed by atoms with Crippen molar-refractivity contribution in [1.82, 2.24) is 0 Å². The van der Waals surface area contributed by atoms with E-state index in [9.17, 15) is 9.59 Å². The summed E-state index contributed by atoms with van der Waals surface area (Å²) in [4.78, 5) is 24.1. The van der Waals surface area contributed by atoms with E-state index in [0.29, 0.717) is 34.1 Å². The van der Waals surface area contributed by atoms with Gasteiger partial charge in [-0.25, -0.2) is 0 Å². The Kier molecular flexibility index (Phi) is 6.22. The highest BCUT2D eigenvalue weighted by Gasteiger charge is 2.15. The molecule has 0 fully saturated rings. The normalized spacial score (nSPS) is 10.2. The zero-order valence-corrected chi connectivity index (χ0v) is 16.9. The van der Waals surface area contributed by atoms with Gasteiger partial charge in [-0.15, -0.1) is 0 Å². The number of hydrogen-bond acceptors (Lipinski definition) is 5. The maximum Gasteiger partial charge on any atom is 0.255 e. The molecule has 0 saturated carbocycles. The molecular formula is C23H22N2O5. The number of carbonyl (C=O) groups is 2. The van der Waals surface area contributed by atoms with Gasteiger partial charge in [0.05, 0.1) is 21.3 Å². The maximum absolute atomic E-state index is 12.8. The predicted molar refractivity (Wildman–Crippen MR) is 114 cm³/mol. The fraction of sp³-hybridized carbons (Fsp3) is 0.130. The van der Waals surface area contributed by atoms with Crippen molar-refractivity contribution in [2.75, 3.05) is 26.6 Å². The van der Waals surface area contributed by atoms with Crippen LogP contribution in [0.5, 0.6) is 17.2 Å². The molecule has 0 radical (unpaired) electrons. The number of primary amides is 1. The van der Waals surface area contributed by atoms with Crippen LogP contribution in [0.1, 0.15) is 20.7 Å². The quantitative estimate of drug-likeness (QED) is 0.623. The second kappa shape index (κ2) is 9.00. The summed E-state index contributed by atoms with van der Waals surface area (Å²) in [7, 11) is 4.53. The van der Waals surface area contributed by atoms with Crippen molar-refractivity contribution in [3.05, 3.63) is 71.8 Å². The maximum atomic E-state index is 12.8. The van der Waals surface area contributed by atoms with E-state index in [0.717, 1.165) is 11.1 Å². The zero-order chi connectivity index (χ0) is 21.7. The summed E-state index contributed by atoms with van der Waals surface area (Å²) in [5.41, 5.74) is 8.39. The molecule has 0 aliphatic rings. The zero-order valence-electron chi connectivity index (χ0n) is 16.9. The number of methoxy groups -OCH3 is 3. The number of hydrogen-bond donors (Lipinski definition) is 2. The van der Waals surface area contributed by atoms with Crippen LogP contribution in [0, 0.1) is 0 Å². The SMILES string of the molecule is COc1cc(NC(=O)c2cccc(-c3ccc(C(N)=O)cc3)c2)cc(OC)c1OC. The van der Waals surface area contributed by atoms with E-state index < -0.39 is 5.91 Å². The first-order valence-corrected chi connectivity index (χ1v) is 9.08. The van der Waals surface area contributed by atoms with Crippen molar-refractivity contribution in [3.8, 4) is 28.4 Å². The van der Waals surface area contributed by atoms with Crippen LogP contribution in [0.25, 0.3) is 11.1 Å². The Labute approximate surface area is 174 Å². The van der Waals surface area contributed by atoms with Crippen LogP contribution < -0.4 is 25.3 Å². The average molecular weight is 406 g/mol. The van der Waals surface area contributed by atoms with Gasteiger partial charge < -0.3 is 25.3 Å². The Morgan fingerprint density at radius 3 is 1.93 bits per heavy atom. The van der Waals surface area contributed by atoms with Gasteiger partial charge in [0.25, 0.3) is 5.91 Å².